The molecule has 0 aliphatic carbocycles. The average molecular weight is 437 g/mol. The van der Waals surface area contributed by atoms with Crippen LogP contribution in [0.25, 0.3) is 0 Å². The summed E-state index contributed by atoms with van der Waals surface area (Å²) < 4.78 is 7.84. The highest BCUT2D eigenvalue weighted by Gasteiger charge is 2.46. The monoisotopic (exact) mass is 435 g/mol. The molecule has 5 atom stereocenters. The van der Waals surface area contributed by atoms with Crippen LogP contribution in [0.2, 0.25) is 5.02 Å². The maximum Gasteiger partial charge on any atom is 0.136 e. The number of pyridine rings is 1. The van der Waals surface area contributed by atoms with Gasteiger partial charge in [-0.25, -0.2) is 0 Å². The van der Waals surface area contributed by atoms with E-state index in [0.29, 0.717) is 9.92 Å². The average Bonchev–Trinajstić information content (AvgIpc) is 2.96. The quantitative estimate of drug-likeness (QED) is 0.667. The van der Waals surface area contributed by atoms with E-state index >= 15 is 0 Å². The van der Waals surface area contributed by atoms with Gasteiger partial charge in [-0.05, 0) is 22.0 Å². The van der Waals surface area contributed by atoms with Gasteiger partial charge >= 0.3 is 0 Å². The molecule has 10 heteroatoms. The molecule has 2 unspecified atom stereocenters. The molecule has 1 aliphatic heterocycles. The molecule has 3 rings (SSSR count). The molecule has 3 heterocycles. The van der Waals surface area contributed by atoms with Gasteiger partial charge in [0.2, 0.25) is 0 Å². The van der Waals surface area contributed by atoms with E-state index in [4.69, 9.17) is 16.3 Å². The van der Waals surface area contributed by atoms with Gasteiger partial charge in [0.15, 0.2) is 0 Å². The molecule has 1 aliphatic rings. The van der Waals surface area contributed by atoms with Gasteiger partial charge < -0.3 is 20.1 Å². The summed E-state index contributed by atoms with van der Waals surface area (Å²) in [7, 11) is 0. The lowest BCUT2D eigenvalue weighted by atomic mass is 9.97. The van der Waals surface area contributed by atoms with Gasteiger partial charge in [0.25, 0.3) is 0 Å². The Bertz CT molecular complexity index is 706. The fourth-order valence-corrected chi connectivity index (χ4v) is 4.17. The van der Waals surface area contributed by atoms with Crippen LogP contribution in [-0.4, -0.2) is 60.4 Å². The van der Waals surface area contributed by atoms with Crippen molar-refractivity contribution in [3.63, 3.8) is 0 Å². The normalized spacial score (nSPS) is 30.5. The van der Waals surface area contributed by atoms with E-state index in [2.05, 4.69) is 26.0 Å². The van der Waals surface area contributed by atoms with E-state index in [1.54, 1.807) is 24.7 Å². The van der Waals surface area contributed by atoms with E-state index in [1.165, 1.54) is 22.6 Å². The van der Waals surface area contributed by atoms with Crippen molar-refractivity contribution in [2.75, 3.05) is 6.61 Å². The highest BCUT2D eigenvalue weighted by atomic mass is 79.9. The summed E-state index contributed by atoms with van der Waals surface area (Å²) in [6, 6.07) is 0.945. The third-order valence-electron chi connectivity index (χ3n) is 3.66. The molecule has 2 aromatic heterocycles. The smallest absolute Gasteiger partial charge is 0.136 e. The molecule has 0 spiro atoms. The fourth-order valence-electron chi connectivity index (χ4n) is 2.55. The van der Waals surface area contributed by atoms with E-state index in [1.807, 2.05) is 0 Å². The van der Waals surface area contributed by atoms with Gasteiger partial charge in [-0.2, -0.15) is 5.10 Å². The molecule has 130 valence electrons. The number of rotatable bonds is 4. The molecule has 1 fully saturated rings. The topological polar surface area (TPSA) is 101 Å². The Hall–Kier alpha value is -0.680. The Morgan fingerprint density at radius 2 is 2.08 bits per heavy atom. The number of nitrogens with zero attached hydrogens (tertiary/aromatic N) is 3. The summed E-state index contributed by atoms with van der Waals surface area (Å²) in [6.07, 6.45) is 3.32. The molecule has 0 bridgehead atoms. The van der Waals surface area contributed by atoms with E-state index in [-0.39, 0.29) is 6.61 Å². The van der Waals surface area contributed by atoms with Gasteiger partial charge in [-0.3, -0.25) is 9.67 Å². The third kappa shape index (κ3) is 3.77. The second-order valence-corrected chi connectivity index (χ2v) is 7.82. The van der Waals surface area contributed by atoms with Crippen LogP contribution < -0.4 is 0 Å². The summed E-state index contributed by atoms with van der Waals surface area (Å²) in [6.45, 7) is -0.377. The van der Waals surface area contributed by atoms with Crippen molar-refractivity contribution in [2.45, 2.75) is 34.7 Å². The molecule has 24 heavy (non-hydrogen) atoms. The third-order valence-corrected chi connectivity index (χ3v) is 5.39. The van der Waals surface area contributed by atoms with Gasteiger partial charge in [0, 0.05) is 23.5 Å². The first-order valence-corrected chi connectivity index (χ1v) is 9.14. The summed E-state index contributed by atoms with van der Waals surface area (Å²) in [5, 5.41) is 35.2. The number of hydrogen-bond acceptors (Lipinski definition) is 7. The summed E-state index contributed by atoms with van der Waals surface area (Å²) in [5.41, 5.74) is -0.723. The Morgan fingerprint density at radius 3 is 2.71 bits per heavy atom. The van der Waals surface area contributed by atoms with Crippen molar-refractivity contribution < 1.29 is 20.1 Å². The Labute approximate surface area is 155 Å². The molecule has 0 saturated carbocycles. The number of ether oxygens (including phenoxy) is 1. The Morgan fingerprint density at radius 1 is 1.29 bits per heavy atom. The summed E-state index contributed by atoms with van der Waals surface area (Å²) in [5.74, 6) is 0. The van der Waals surface area contributed by atoms with Crippen molar-refractivity contribution in [1.82, 2.24) is 14.8 Å². The minimum atomic E-state index is -1.11. The minimum absolute atomic E-state index is 0.377. The molecule has 0 amide bonds. The molecule has 1 saturated heterocycles. The maximum absolute atomic E-state index is 10.7. The molecule has 2 aromatic rings. The van der Waals surface area contributed by atoms with E-state index in [9.17, 15) is 15.3 Å². The zero-order valence-electron chi connectivity index (χ0n) is 12.2. The van der Waals surface area contributed by atoms with Gasteiger partial charge in [-0.15, -0.1) is 0 Å². The largest absolute Gasteiger partial charge is 0.394 e. The van der Waals surface area contributed by atoms with Crippen LogP contribution in [0.3, 0.4) is 0 Å². The van der Waals surface area contributed by atoms with Crippen molar-refractivity contribution in [3.8, 4) is 0 Å². The second kappa shape index (κ2) is 7.69. The van der Waals surface area contributed by atoms with E-state index < -0.39 is 29.8 Å². The number of hydrogen-bond donors (Lipinski definition) is 3. The molecular weight excluding hydrogens is 422 g/mol. The van der Waals surface area contributed by atoms with Crippen molar-refractivity contribution in [1.29, 1.82) is 0 Å². The first kappa shape index (κ1) is 18.1. The molecule has 7 nitrogen and oxygen atoms in total. The number of aliphatic hydroxyl groups is 3. The minimum Gasteiger partial charge on any atom is -0.394 e. The predicted molar refractivity (Wildman–Crippen MR) is 91.8 cm³/mol. The Balaban J connectivity index is 1.86. The van der Waals surface area contributed by atoms with Gasteiger partial charge in [0.1, 0.15) is 29.8 Å². The SMILES string of the molecule is OCC1O[C@H](Sc2cncc(Cl)c2)C(O)[C@@H](n2cc(Br)cn2)[C@H]1O. The van der Waals surface area contributed by atoms with Crippen LogP contribution in [0.1, 0.15) is 6.04 Å². The molecular formula is C14H15BrClN3O4S. The first-order valence-electron chi connectivity index (χ1n) is 7.09. The standard InChI is InChI=1S/C14H15BrClN3O4S/c15-7-2-18-19(5-7)11-12(21)10(6-20)23-14(13(11)22)24-9-1-8(16)3-17-4-9/h1-5,10-14,20-22H,6H2/t10?,11-,12-,13?,14+/m0/s1. The fraction of sp³-hybridized carbons (Fsp3) is 0.429. The summed E-state index contributed by atoms with van der Waals surface area (Å²) in [4.78, 5) is 4.71. The zero-order chi connectivity index (χ0) is 17.3. The highest BCUT2D eigenvalue weighted by Crippen LogP contribution is 2.38. The van der Waals surface area contributed by atoms with Crippen LogP contribution in [0.5, 0.6) is 0 Å². The van der Waals surface area contributed by atoms with E-state index in [0.717, 1.165) is 4.47 Å². The van der Waals surface area contributed by atoms with Crippen LogP contribution >= 0.6 is 39.3 Å². The lowest BCUT2D eigenvalue weighted by Gasteiger charge is -2.42. The number of aliphatic hydroxyl groups excluding tert-OH is 3. The van der Waals surface area contributed by atoms with Crippen LogP contribution in [-0.2, 0) is 4.74 Å². The maximum atomic E-state index is 10.7. The van der Waals surface area contributed by atoms with Gasteiger partial charge in [-0.1, -0.05) is 23.4 Å². The highest BCUT2D eigenvalue weighted by molar-refractivity contribution is 9.10. The van der Waals surface area contributed by atoms with Crippen LogP contribution in [0.15, 0.2) is 40.2 Å². The van der Waals surface area contributed by atoms with Crippen LogP contribution in [0.4, 0.5) is 0 Å². The number of halogens is 2. The summed E-state index contributed by atoms with van der Waals surface area (Å²) >= 11 is 10.4. The number of aromatic nitrogens is 3. The molecule has 0 aromatic carbocycles. The van der Waals surface area contributed by atoms with Crippen molar-refractivity contribution in [3.05, 3.63) is 40.3 Å². The zero-order valence-corrected chi connectivity index (χ0v) is 15.4. The van der Waals surface area contributed by atoms with Crippen molar-refractivity contribution >= 4 is 39.3 Å². The molecule has 0 radical (unpaired) electrons. The second-order valence-electron chi connectivity index (χ2n) is 5.29. The lowest BCUT2D eigenvalue weighted by Crippen LogP contribution is -2.54. The van der Waals surface area contributed by atoms with Gasteiger partial charge in [0.05, 0.1) is 22.3 Å². The number of thioether (sulfide) groups is 1. The predicted octanol–water partition coefficient (Wildman–Crippen LogP) is 1.47. The molecule has 3 N–H and O–H groups in total. The van der Waals surface area contributed by atoms with Crippen LogP contribution in [0, 0.1) is 0 Å². The van der Waals surface area contributed by atoms with Crippen molar-refractivity contribution in [2.24, 2.45) is 0 Å². The lowest BCUT2D eigenvalue weighted by molar-refractivity contribution is -0.178. The Kier molecular flexibility index (Phi) is 5.81. The first-order chi connectivity index (χ1) is 11.5.